The second-order valence-electron chi connectivity index (χ2n) is 4.70. The number of amides is 1. The van der Waals surface area contributed by atoms with Gasteiger partial charge >= 0.3 is 0 Å². The lowest BCUT2D eigenvalue weighted by atomic mass is 10.2. The number of anilines is 1. The van der Waals surface area contributed by atoms with Crippen molar-refractivity contribution in [2.45, 2.75) is 13.5 Å². The van der Waals surface area contributed by atoms with Crippen LogP contribution >= 0.6 is 11.3 Å². The van der Waals surface area contributed by atoms with E-state index in [1.54, 1.807) is 4.90 Å². The molecule has 22 heavy (non-hydrogen) atoms. The van der Waals surface area contributed by atoms with Crippen LogP contribution in [0.2, 0.25) is 0 Å². The molecule has 8 heteroatoms. The minimum atomic E-state index is -0.170. The highest BCUT2D eigenvalue weighted by atomic mass is 32.1. The molecule has 1 aromatic carbocycles. The summed E-state index contributed by atoms with van der Waals surface area (Å²) in [4.78, 5) is 13.8. The lowest BCUT2D eigenvalue weighted by Gasteiger charge is -2.19. The summed E-state index contributed by atoms with van der Waals surface area (Å²) in [6.07, 6.45) is 0. The van der Waals surface area contributed by atoms with E-state index in [1.807, 2.05) is 25.1 Å². The first-order valence-electron chi connectivity index (χ1n) is 6.65. The third-order valence-electron chi connectivity index (χ3n) is 3.09. The standard InChI is InChI=1S/C14H15N3O4S/c1-9-15-16-14(22-9)17(13(18)7-19-2)6-10-3-4-11-12(5-10)21-8-20-11/h3-5H,6-8H2,1-2H3. The Bertz CT molecular complexity index is 688. The van der Waals surface area contributed by atoms with E-state index in [1.165, 1.54) is 18.4 Å². The maximum atomic E-state index is 12.3. The maximum absolute atomic E-state index is 12.3. The molecule has 0 bridgehead atoms. The van der Waals surface area contributed by atoms with Gasteiger partial charge in [0.15, 0.2) is 11.5 Å². The van der Waals surface area contributed by atoms with Crippen molar-refractivity contribution in [3.05, 3.63) is 28.8 Å². The normalized spacial score (nSPS) is 12.5. The van der Waals surface area contributed by atoms with Gasteiger partial charge in [-0.25, -0.2) is 0 Å². The molecule has 0 atom stereocenters. The smallest absolute Gasteiger partial charge is 0.255 e. The van der Waals surface area contributed by atoms with Crippen LogP contribution in [0.4, 0.5) is 5.13 Å². The minimum Gasteiger partial charge on any atom is -0.454 e. The topological polar surface area (TPSA) is 73.8 Å². The lowest BCUT2D eigenvalue weighted by molar-refractivity contribution is -0.122. The van der Waals surface area contributed by atoms with Gasteiger partial charge in [0.1, 0.15) is 11.6 Å². The van der Waals surface area contributed by atoms with Gasteiger partial charge in [-0.2, -0.15) is 0 Å². The highest BCUT2D eigenvalue weighted by Crippen LogP contribution is 2.33. The summed E-state index contributed by atoms with van der Waals surface area (Å²) in [6, 6.07) is 5.60. The zero-order valence-corrected chi connectivity index (χ0v) is 13.1. The van der Waals surface area contributed by atoms with Crippen molar-refractivity contribution in [2.24, 2.45) is 0 Å². The summed E-state index contributed by atoms with van der Waals surface area (Å²) in [7, 11) is 1.49. The van der Waals surface area contributed by atoms with E-state index in [-0.39, 0.29) is 19.3 Å². The summed E-state index contributed by atoms with van der Waals surface area (Å²) in [5, 5.41) is 9.37. The molecule has 2 heterocycles. The number of methoxy groups -OCH3 is 1. The fourth-order valence-corrected chi connectivity index (χ4v) is 2.79. The summed E-state index contributed by atoms with van der Waals surface area (Å²) in [5.41, 5.74) is 0.918. The van der Waals surface area contributed by atoms with E-state index in [2.05, 4.69) is 10.2 Å². The van der Waals surface area contributed by atoms with Gasteiger partial charge in [0.2, 0.25) is 11.9 Å². The summed E-state index contributed by atoms with van der Waals surface area (Å²) < 4.78 is 15.6. The number of hydrogen-bond donors (Lipinski definition) is 0. The van der Waals surface area contributed by atoms with Crippen LogP contribution in [-0.2, 0) is 16.1 Å². The Morgan fingerprint density at radius 1 is 1.36 bits per heavy atom. The molecule has 1 aliphatic heterocycles. The quantitative estimate of drug-likeness (QED) is 0.835. The van der Waals surface area contributed by atoms with E-state index in [9.17, 15) is 4.79 Å². The van der Waals surface area contributed by atoms with Gasteiger partial charge < -0.3 is 14.2 Å². The van der Waals surface area contributed by atoms with Crippen LogP contribution in [-0.4, -0.2) is 36.6 Å². The molecule has 0 aliphatic carbocycles. The van der Waals surface area contributed by atoms with Crippen LogP contribution in [0.1, 0.15) is 10.6 Å². The third-order valence-corrected chi connectivity index (χ3v) is 3.95. The molecular weight excluding hydrogens is 306 g/mol. The van der Waals surface area contributed by atoms with E-state index in [0.29, 0.717) is 23.2 Å². The summed E-state index contributed by atoms with van der Waals surface area (Å²) in [6.45, 7) is 2.43. The molecule has 1 amide bonds. The van der Waals surface area contributed by atoms with Gasteiger partial charge in [0.05, 0.1) is 6.54 Å². The molecule has 0 fully saturated rings. The van der Waals surface area contributed by atoms with E-state index >= 15 is 0 Å². The number of nitrogens with zero attached hydrogens (tertiary/aromatic N) is 3. The second kappa shape index (κ2) is 6.29. The lowest BCUT2D eigenvalue weighted by Crippen LogP contribution is -2.33. The van der Waals surface area contributed by atoms with Crippen molar-refractivity contribution >= 4 is 22.4 Å². The number of fused-ring (bicyclic) bond motifs is 1. The first kappa shape index (κ1) is 14.7. The van der Waals surface area contributed by atoms with Crippen LogP contribution in [0.3, 0.4) is 0 Å². The Morgan fingerprint density at radius 3 is 2.91 bits per heavy atom. The zero-order valence-electron chi connectivity index (χ0n) is 12.2. The van der Waals surface area contributed by atoms with Crippen molar-refractivity contribution in [3.8, 4) is 11.5 Å². The Kier molecular flexibility index (Phi) is 4.21. The van der Waals surface area contributed by atoms with Crippen LogP contribution < -0.4 is 14.4 Å². The number of hydrogen-bond acceptors (Lipinski definition) is 7. The average molecular weight is 321 g/mol. The summed E-state index contributed by atoms with van der Waals surface area (Å²) >= 11 is 1.37. The molecule has 7 nitrogen and oxygen atoms in total. The maximum Gasteiger partial charge on any atom is 0.255 e. The second-order valence-corrected chi connectivity index (χ2v) is 5.86. The van der Waals surface area contributed by atoms with Gasteiger partial charge in [-0.05, 0) is 24.6 Å². The molecule has 0 N–H and O–H groups in total. The van der Waals surface area contributed by atoms with Gasteiger partial charge in [-0.3, -0.25) is 9.69 Å². The van der Waals surface area contributed by atoms with Crippen LogP contribution in [0, 0.1) is 6.92 Å². The molecule has 0 saturated heterocycles. The highest BCUT2D eigenvalue weighted by Gasteiger charge is 2.21. The molecule has 116 valence electrons. The monoisotopic (exact) mass is 321 g/mol. The number of ether oxygens (including phenoxy) is 3. The number of benzene rings is 1. The molecule has 0 unspecified atom stereocenters. The van der Waals surface area contributed by atoms with Crippen molar-refractivity contribution in [3.63, 3.8) is 0 Å². The average Bonchev–Trinajstić information content (AvgIpc) is 3.13. The molecule has 1 aliphatic rings. The van der Waals surface area contributed by atoms with E-state index < -0.39 is 0 Å². The van der Waals surface area contributed by atoms with Crippen molar-refractivity contribution < 1.29 is 19.0 Å². The number of carbonyl (C=O) groups excluding carboxylic acids is 1. The Morgan fingerprint density at radius 2 is 2.18 bits per heavy atom. The molecule has 0 spiro atoms. The van der Waals surface area contributed by atoms with Crippen LogP contribution in [0.25, 0.3) is 0 Å². The Balaban J connectivity index is 1.84. The van der Waals surface area contributed by atoms with Crippen molar-refractivity contribution in [1.82, 2.24) is 10.2 Å². The minimum absolute atomic E-state index is 0.0107. The fraction of sp³-hybridized carbons (Fsp3) is 0.357. The van der Waals surface area contributed by atoms with Gasteiger partial charge in [0.25, 0.3) is 5.91 Å². The number of aryl methyl sites for hydroxylation is 1. The highest BCUT2D eigenvalue weighted by molar-refractivity contribution is 7.15. The molecular formula is C14H15N3O4S. The van der Waals surface area contributed by atoms with Crippen molar-refractivity contribution in [2.75, 3.05) is 25.4 Å². The largest absolute Gasteiger partial charge is 0.454 e. The third kappa shape index (κ3) is 3.02. The number of rotatable bonds is 5. The molecule has 3 rings (SSSR count). The zero-order chi connectivity index (χ0) is 15.5. The molecule has 0 radical (unpaired) electrons. The summed E-state index contributed by atoms with van der Waals surface area (Å²) in [5.74, 6) is 1.23. The Hall–Kier alpha value is -2.19. The van der Waals surface area contributed by atoms with Crippen molar-refractivity contribution in [1.29, 1.82) is 0 Å². The molecule has 1 aromatic heterocycles. The van der Waals surface area contributed by atoms with Gasteiger partial charge in [0, 0.05) is 7.11 Å². The first-order chi connectivity index (χ1) is 10.7. The predicted octanol–water partition coefficient (Wildman–Crippen LogP) is 1.75. The first-order valence-corrected chi connectivity index (χ1v) is 7.47. The van der Waals surface area contributed by atoms with Crippen LogP contribution in [0.5, 0.6) is 11.5 Å². The van der Waals surface area contributed by atoms with Gasteiger partial charge in [-0.1, -0.05) is 17.4 Å². The molecule has 2 aromatic rings. The van der Waals surface area contributed by atoms with Crippen LogP contribution in [0.15, 0.2) is 18.2 Å². The fourth-order valence-electron chi connectivity index (χ4n) is 2.08. The Labute approximate surface area is 131 Å². The number of carbonyl (C=O) groups is 1. The van der Waals surface area contributed by atoms with E-state index in [4.69, 9.17) is 14.2 Å². The molecule has 0 saturated carbocycles. The number of aromatic nitrogens is 2. The SMILES string of the molecule is COCC(=O)N(Cc1ccc2c(c1)OCO2)c1nnc(C)s1. The van der Waals surface area contributed by atoms with Gasteiger partial charge in [-0.15, -0.1) is 10.2 Å². The predicted molar refractivity (Wildman–Crippen MR) is 80.3 cm³/mol. The van der Waals surface area contributed by atoms with E-state index in [0.717, 1.165) is 10.6 Å².